The van der Waals surface area contributed by atoms with E-state index >= 15 is 0 Å². The zero-order valence-electron chi connectivity index (χ0n) is 26.3. The second-order valence-electron chi connectivity index (χ2n) is 11.6. The molecule has 3 nitrogen and oxygen atoms in total. The molecule has 0 aliphatic rings. The van der Waals surface area contributed by atoms with Gasteiger partial charge >= 0.3 is 0 Å². The molecule has 228 valence electrons. The van der Waals surface area contributed by atoms with E-state index in [0.29, 0.717) is 13.2 Å². The summed E-state index contributed by atoms with van der Waals surface area (Å²) in [4.78, 5) is 0. The van der Waals surface area contributed by atoms with E-state index in [4.69, 9.17) is 15.2 Å². The quantitative estimate of drug-likeness (QED) is 0.0668. The standard InChI is InChI=1S/C35H71NO2/c1-3-5-7-9-11-13-15-17-18-19-20-22-24-26-28-30-32-38-35(33-36)34-37-31-29-27-25-23-21-16-14-12-10-8-6-4-2/h17-18,35H,3-16,19-34,36H2,1-2H3. The second kappa shape index (κ2) is 34.6. The lowest BCUT2D eigenvalue weighted by Crippen LogP contribution is -2.29. The van der Waals surface area contributed by atoms with Crippen LogP contribution in [0.2, 0.25) is 0 Å². The highest BCUT2D eigenvalue weighted by Crippen LogP contribution is 2.13. The predicted molar refractivity (Wildman–Crippen MR) is 170 cm³/mol. The fourth-order valence-corrected chi connectivity index (χ4v) is 5.04. The summed E-state index contributed by atoms with van der Waals surface area (Å²) in [5.41, 5.74) is 5.89. The normalized spacial score (nSPS) is 12.6. The molecule has 0 spiro atoms. The highest BCUT2D eigenvalue weighted by atomic mass is 16.5. The van der Waals surface area contributed by atoms with Gasteiger partial charge in [-0.25, -0.2) is 0 Å². The van der Waals surface area contributed by atoms with Gasteiger partial charge in [0, 0.05) is 19.8 Å². The van der Waals surface area contributed by atoms with Crippen LogP contribution in [0, 0.1) is 0 Å². The van der Waals surface area contributed by atoms with E-state index < -0.39 is 0 Å². The number of rotatable bonds is 33. The van der Waals surface area contributed by atoms with Gasteiger partial charge in [-0.3, -0.25) is 0 Å². The van der Waals surface area contributed by atoms with Gasteiger partial charge < -0.3 is 15.2 Å². The number of allylic oxidation sites excluding steroid dienone is 2. The predicted octanol–water partition coefficient (Wildman–Crippen LogP) is 11.1. The maximum Gasteiger partial charge on any atom is 0.0930 e. The van der Waals surface area contributed by atoms with Crippen LogP contribution in [-0.4, -0.2) is 32.5 Å². The van der Waals surface area contributed by atoms with Crippen molar-refractivity contribution in [2.45, 2.75) is 187 Å². The number of hydrogen-bond donors (Lipinski definition) is 1. The maximum absolute atomic E-state index is 5.96. The van der Waals surface area contributed by atoms with Gasteiger partial charge in [-0.1, -0.05) is 154 Å². The first-order valence-corrected chi connectivity index (χ1v) is 17.4. The number of unbranched alkanes of at least 4 members (excludes halogenated alkanes) is 23. The minimum absolute atomic E-state index is 0.0652. The third-order valence-electron chi connectivity index (χ3n) is 7.72. The third kappa shape index (κ3) is 31.8. The van der Waals surface area contributed by atoms with Crippen LogP contribution in [0.3, 0.4) is 0 Å². The molecule has 0 aromatic rings. The van der Waals surface area contributed by atoms with Gasteiger partial charge in [-0.05, 0) is 38.5 Å². The molecule has 0 heterocycles. The van der Waals surface area contributed by atoms with Crippen LogP contribution >= 0.6 is 0 Å². The maximum atomic E-state index is 5.96. The van der Waals surface area contributed by atoms with Crippen molar-refractivity contribution in [3.63, 3.8) is 0 Å². The van der Waals surface area contributed by atoms with Gasteiger partial charge in [0.25, 0.3) is 0 Å². The summed E-state index contributed by atoms with van der Waals surface area (Å²) < 4.78 is 11.8. The lowest BCUT2D eigenvalue weighted by molar-refractivity contribution is -0.0136. The largest absolute Gasteiger partial charge is 0.379 e. The van der Waals surface area contributed by atoms with E-state index in [1.165, 1.54) is 161 Å². The Labute approximate surface area is 240 Å². The molecule has 0 saturated heterocycles. The molecule has 0 rings (SSSR count). The van der Waals surface area contributed by atoms with Crippen molar-refractivity contribution >= 4 is 0 Å². The molecule has 0 bridgehead atoms. The molecular formula is C35H71NO2. The second-order valence-corrected chi connectivity index (χ2v) is 11.6. The Balaban J connectivity index is 3.29. The molecule has 38 heavy (non-hydrogen) atoms. The van der Waals surface area contributed by atoms with Crippen molar-refractivity contribution in [3.05, 3.63) is 12.2 Å². The Hall–Kier alpha value is -0.380. The Morgan fingerprint density at radius 1 is 0.474 bits per heavy atom. The molecule has 1 unspecified atom stereocenters. The molecule has 0 fully saturated rings. The van der Waals surface area contributed by atoms with E-state index in [1.807, 2.05) is 0 Å². The van der Waals surface area contributed by atoms with Gasteiger partial charge in [0.15, 0.2) is 0 Å². The fourth-order valence-electron chi connectivity index (χ4n) is 5.04. The van der Waals surface area contributed by atoms with Crippen LogP contribution in [0.15, 0.2) is 12.2 Å². The topological polar surface area (TPSA) is 44.5 Å². The van der Waals surface area contributed by atoms with Crippen LogP contribution in [0.25, 0.3) is 0 Å². The molecule has 0 saturated carbocycles. The summed E-state index contributed by atoms with van der Waals surface area (Å²) in [6.07, 6.45) is 40.2. The molecule has 1 atom stereocenters. The minimum Gasteiger partial charge on any atom is -0.379 e. The van der Waals surface area contributed by atoms with Crippen molar-refractivity contribution in [3.8, 4) is 0 Å². The first kappa shape index (κ1) is 37.6. The fraction of sp³-hybridized carbons (Fsp3) is 0.943. The molecule has 3 heteroatoms. The molecule has 0 amide bonds. The summed E-state index contributed by atoms with van der Waals surface area (Å²) in [6, 6.07) is 0. The zero-order chi connectivity index (χ0) is 27.6. The van der Waals surface area contributed by atoms with Crippen molar-refractivity contribution in [2.24, 2.45) is 5.73 Å². The van der Waals surface area contributed by atoms with Crippen molar-refractivity contribution in [1.29, 1.82) is 0 Å². The van der Waals surface area contributed by atoms with E-state index in [-0.39, 0.29) is 6.10 Å². The van der Waals surface area contributed by atoms with E-state index in [9.17, 15) is 0 Å². The number of nitrogens with two attached hydrogens (primary N) is 1. The summed E-state index contributed by atoms with van der Waals surface area (Å²) in [5, 5.41) is 0. The molecule has 0 aliphatic carbocycles. The Morgan fingerprint density at radius 2 is 0.842 bits per heavy atom. The van der Waals surface area contributed by atoms with Crippen LogP contribution in [0.5, 0.6) is 0 Å². The van der Waals surface area contributed by atoms with Gasteiger partial charge in [0.2, 0.25) is 0 Å². The summed E-state index contributed by atoms with van der Waals surface area (Å²) in [5.74, 6) is 0. The van der Waals surface area contributed by atoms with Gasteiger partial charge in [0.1, 0.15) is 0 Å². The monoisotopic (exact) mass is 538 g/mol. The molecule has 0 aromatic heterocycles. The Morgan fingerprint density at radius 3 is 1.26 bits per heavy atom. The highest BCUT2D eigenvalue weighted by molar-refractivity contribution is 4.81. The molecule has 0 radical (unpaired) electrons. The van der Waals surface area contributed by atoms with Crippen molar-refractivity contribution in [1.82, 2.24) is 0 Å². The average molecular weight is 538 g/mol. The summed E-state index contributed by atoms with van der Waals surface area (Å²) in [7, 11) is 0. The minimum atomic E-state index is 0.0652. The van der Waals surface area contributed by atoms with Crippen LogP contribution in [-0.2, 0) is 9.47 Å². The SMILES string of the molecule is CCCCCCCCC=CCCCCCCCCOC(CN)COCCCCCCCCCCCCCC. The van der Waals surface area contributed by atoms with Crippen LogP contribution in [0.4, 0.5) is 0 Å². The Kier molecular flexibility index (Phi) is 34.3. The first-order valence-electron chi connectivity index (χ1n) is 17.4. The molecular weight excluding hydrogens is 466 g/mol. The first-order chi connectivity index (χ1) is 18.8. The zero-order valence-corrected chi connectivity index (χ0v) is 26.3. The van der Waals surface area contributed by atoms with Crippen LogP contribution < -0.4 is 5.73 Å². The smallest absolute Gasteiger partial charge is 0.0930 e. The van der Waals surface area contributed by atoms with Gasteiger partial charge in [-0.15, -0.1) is 0 Å². The summed E-state index contributed by atoms with van der Waals surface area (Å²) >= 11 is 0. The molecule has 0 aromatic carbocycles. The lowest BCUT2D eigenvalue weighted by atomic mass is 10.1. The van der Waals surface area contributed by atoms with Crippen molar-refractivity contribution in [2.75, 3.05) is 26.4 Å². The van der Waals surface area contributed by atoms with E-state index in [0.717, 1.165) is 19.6 Å². The van der Waals surface area contributed by atoms with Crippen molar-refractivity contribution < 1.29 is 9.47 Å². The van der Waals surface area contributed by atoms with E-state index in [2.05, 4.69) is 26.0 Å². The number of hydrogen-bond acceptors (Lipinski definition) is 3. The van der Waals surface area contributed by atoms with Gasteiger partial charge in [-0.2, -0.15) is 0 Å². The van der Waals surface area contributed by atoms with E-state index in [1.54, 1.807) is 0 Å². The third-order valence-corrected chi connectivity index (χ3v) is 7.72. The van der Waals surface area contributed by atoms with Gasteiger partial charge in [0.05, 0.1) is 12.7 Å². The lowest BCUT2D eigenvalue weighted by Gasteiger charge is -2.16. The Bertz CT molecular complexity index is 440. The van der Waals surface area contributed by atoms with Crippen LogP contribution in [0.1, 0.15) is 181 Å². The molecule has 0 aliphatic heterocycles. The molecule has 2 N–H and O–H groups in total. The summed E-state index contributed by atoms with van der Waals surface area (Å²) in [6.45, 7) is 7.46. The highest BCUT2D eigenvalue weighted by Gasteiger charge is 2.06. The average Bonchev–Trinajstić information content (AvgIpc) is 2.93. The number of ether oxygens (including phenoxy) is 2.